The van der Waals surface area contributed by atoms with Crippen LogP contribution >= 0.6 is 0 Å². The van der Waals surface area contributed by atoms with E-state index in [1.54, 1.807) is 0 Å². The minimum atomic E-state index is -1.35. The third kappa shape index (κ3) is 532. The largest absolute Gasteiger partial charge is 0.505 e. The fourth-order valence-corrected chi connectivity index (χ4v) is 0.133. The van der Waals surface area contributed by atoms with Crippen LogP contribution in [-0.4, -0.2) is 29.6 Å². The third-order valence-corrected chi connectivity index (χ3v) is 0.317. The molecule has 0 aromatic carbocycles. The van der Waals surface area contributed by atoms with E-state index in [9.17, 15) is 4.79 Å². The van der Waals surface area contributed by atoms with Crippen molar-refractivity contribution in [2.75, 3.05) is 13.2 Å². The molecule has 0 heterocycles. The van der Waals surface area contributed by atoms with Crippen molar-refractivity contribution in [2.24, 2.45) is 0 Å². The Kier molecular flexibility index (Phi) is 322. The summed E-state index contributed by atoms with van der Waals surface area (Å²) >= 11 is 0. The first-order valence-corrected chi connectivity index (χ1v) is 4.24. The van der Waals surface area contributed by atoms with Gasteiger partial charge >= 0.3 is 6.16 Å². The molecule has 0 spiro atoms. The van der Waals surface area contributed by atoms with Crippen LogP contribution < -0.4 is 0 Å². The lowest BCUT2D eigenvalue weighted by Gasteiger charge is -1.91. The highest BCUT2D eigenvalue weighted by Gasteiger charge is 1.90. The topological polar surface area (TPSA) is 66.8 Å². The van der Waals surface area contributed by atoms with Gasteiger partial charge in [-0.25, -0.2) is 4.79 Å². The minimum absolute atomic E-state index is 0.144. The molecule has 17 heavy (non-hydrogen) atoms. The summed E-state index contributed by atoms with van der Waals surface area (Å²) in [6.07, 6.45) is -1.35. The number of carbonyl (C=O) groups is 1. The molecule has 0 aliphatic heterocycles. The van der Waals surface area contributed by atoms with Crippen molar-refractivity contribution in [3.63, 3.8) is 0 Å². The Morgan fingerprint density at radius 3 is 1.12 bits per heavy atom. The van der Waals surface area contributed by atoms with Crippen LogP contribution in [0, 0.1) is 0 Å². The monoisotopic (exact) mass is 246 g/mol. The molecule has 0 saturated carbocycles. The maximum absolute atomic E-state index is 9.42. The number of rotatable bonds is 2. The summed E-state index contributed by atoms with van der Waals surface area (Å²) in [4.78, 5) is 9.42. The molecule has 0 saturated heterocycles. The summed E-state index contributed by atoms with van der Waals surface area (Å²) < 4.78 is 3.86. The molecule has 0 amide bonds. The van der Waals surface area contributed by atoms with Crippen molar-refractivity contribution in [2.45, 2.75) is 0 Å². The molecular weight excluding hydrogens is 220 g/mol. The Labute approximate surface area is 106 Å². The molecule has 2 N–H and O–H groups in total. The lowest BCUT2D eigenvalue weighted by Crippen LogP contribution is -2.04. The van der Waals surface area contributed by atoms with Crippen molar-refractivity contribution in [3.8, 4) is 0 Å². The highest BCUT2D eigenvalue weighted by atomic mass is 16.7. The summed E-state index contributed by atoms with van der Waals surface area (Å²) in [6.45, 7) is 29.6. The van der Waals surface area contributed by atoms with Gasteiger partial charge in [0.1, 0.15) is 6.61 Å². The molecule has 0 aliphatic rings. The van der Waals surface area contributed by atoms with Crippen molar-refractivity contribution in [1.82, 2.24) is 0 Å². The second kappa shape index (κ2) is 151. The maximum Gasteiger partial charge on any atom is 0.505 e. The van der Waals surface area contributed by atoms with E-state index in [1.807, 2.05) is 0 Å². The first-order chi connectivity index (χ1) is 8.27. The zero-order valence-electron chi connectivity index (χ0n) is 10.7. The molecule has 0 atom stereocenters. The number of aliphatic hydroxyl groups excluding tert-OH is 1. The molecule has 0 bridgehead atoms. The SMILES string of the molecule is C=C.C=C.C=C.C=C.C=C.O=C(O)OCCO. The normalized spacial score (nSPS) is 4.53. The molecule has 0 radical (unpaired) electrons. The van der Waals surface area contributed by atoms with Gasteiger partial charge in [-0.3, -0.25) is 0 Å². The molecule has 4 heteroatoms. The molecule has 0 fully saturated rings. The van der Waals surface area contributed by atoms with Crippen molar-refractivity contribution >= 4 is 6.16 Å². The van der Waals surface area contributed by atoms with Gasteiger partial charge in [0.2, 0.25) is 0 Å². The number of hydrogen-bond acceptors (Lipinski definition) is 3. The quantitative estimate of drug-likeness (QED) is 0.576. The molecule has 0 aromatic heterocycles. The minimum Gasteiger partial charge on any atom is -0.450 e. The molecular formula is C13H26O4. The maximum atomic E-state index is 9.42. The zero-order valence-corrected chi connectivity index (χ0v) is 10.7. The van der Waals surface area contributed by atoms with Crippen LogP contribution in [0.25, 0.3) is 0 Å². The summed E-state index contributed by atoms with van der Waals surface area (Å²) in [5, 5.41) is 15.6. The van der Waals surface area contributed by atoms with Gasteiger partial charge in [-0.15, -0.1) is 65.8 Å². The third-order valence-electron chi connectivity index (χ3n) is 0.317. The van der Waals surface area contributed by atoms with Gasteiger partial charge in [-0.2, -0.15) is 0 Å². The number of ether oxygens (including phenoxy) is 1. The van der Waals surface area contributed by atoms with Crippen molar-refractivity contribution < 1.29 is 19.7 Å². The standard InChI is InChI=1S/C3H6O4.5C2H4/c4-1-2-7-3(5)6;5*1-2/h4H,1-2H2,(H,5,6);5*1-2H2. The van der Waals surface area contributed by atoms with E-state index in [1.165, 1.54) is 0 Å². The Hall–Kier alpha value is -2.07. The van der Waals surface area contributed by atoms with E-state index in [2.05, 4.69) is 70.5 Å². The highest BCUT2D eigenvalue weighted by molar-refractivity contribution is 5.56. The molecule has 0 aromatic rings. The predicted molar refractivity (Wildman–Crippen MR) is 77.3 cm³/mol. The van der Waals surface area contributed by atoms with E-state index in [4.69, 9.17) is 10.2 Å². The van der Waals surface area contributed by atoms with E-state index >= 15 is 0 Å². The Morgan fingerprint density at radius 1 is 0.824 bits per heavy atom. The van der Waals surface area contributed by atoms with Gasteiger partial charge in [-0.05, 0) is 0 Å². The summed E-state index contributed by atoms with van der Waals surface area (Å²) in [5.41, 5.74) is 0. The van der Waals surface area contributed by atoms with Crippen LogP contribution in [0.1, 0.15) is 0 Å². The second-order valence-corrected chi connectivity index (χ2v) is 0.838. The van der Waals surface area contributed by atoms with Gasteiger partial charge < -0.3 is 14.9 Å². The first kappa shape index (κ1) is 36.3. The Bertz CT molecular complexity index is 104. The average molecular weight is 246 g/mol. The Morgan fingerprint density at radius 2 is 1.06 bits per heavy atom. The molecule has 0 rings (SSSR count). The van der Waals surface area contributed by atoms with Gasteiger partial charge in [-0.1, -0.05) is 0 Å². The molecule has 0 aliphatic carbocycles. The summed E-state index contributed by atoms with van der Waals surface area (Å²) in [7, 11) is 0. The van der Waals surface area contributed by atoms with E-state index in [0.717, 1.165) is 0 Å². The van der Waals surface area contributed by atoms with Crippen LogP contribution in [0.3, 0.4) is 0 Å². The molecule has 4 nitrogen and oxygen atoms in total. The van der Waals surface area contributed by atoms with E-state index in [-0.39, 0.29) is 13.2 Å². The van der Waals surface area contributed by atoms with Crippen LogP contribution in [-0.2, 0) is 4.74 Å². The van der Waals surface area contributed by atoms with Gasteiger partial charge in [0.05, 0.1) is 6.61 Å². The van der Waals surface area contributed by atoms with E-state index in [0.29, 0.717) is 0 Å². The van der Waals surface area contributed by atoms with Crippen LogP contribution in [0.15, 0.2) is 65.8 Å². The zero-order chi connectivity index (χ0) is 15.7. The fourth-order valence-electron chi connectivity index (χ4n) is 0.133. The highest BCUT2D eigenvalue weighted by Crippen LogP contribution is 1.71. The lowest BCUT2D eigenvalue weighted by molar-refractivity contribution is 0.0743. The lowest BCUT2D eigenvalue weighted by atomic mass is 10.8. The summed E-state index contributed by atoms with van der Waals surface area (Å²) in [6, 6.07) is 0. The van der Waals surface area contributed by atoms with E-state index < -0.39 is 6.16 Å². The second-order valence-electron chi connectivity index (χ2n) is 0.838. The van der Waals surface area contributed by atoms with Gasteiger partial charge in [0, 0.05) is 0 Å². The smallest absolute Gasteiger partial charge is 0.450 e. The fraction of sp³-hybridized carbons (Fsp3) is 0.154. The molecule has 102 valence electrons. The van der Waals surface area contributed by atoms with Crippen LogP contribution in [0.2, 0.25) is 0 Å². The van der Waals surface area contributed by atoms with Crippen molar-refractivity contribution in [1.29, 1.82) is 0 Å². The molecule has 0 unspecified atom stereocenters. The summed E-state index contributed by atoms with van der Waals surface area (Å²) in [5.74, 6) is 0. The number of aliphatic hydroxyl groups is 1. The Balaban J connectivity index is -0.0000000257. The predicted octanol–water partition coefficient (Wildman–Crippen LogP) is 3.68. The number of carboxylic acid groups (broad SMARTS) is 1. The number of hydrogen-bond donors (Lipinski definition) is 2. The average Bonchev–Trinajstić information content (AvgIpc) is 2.47. The first-order valence-electron chi connectivity index (χ1n) is 4.24. The van der Waals surface area contributed by atoms with Crippen LogP contribution in [0.5, 0.6) is 0 Å². The van der Waals surface area contributed by atoms with Gasteiger partial charge in [0.15, 0.2) is 0 Å². The van der Waals surface area contributed by atoms with Crippen molar-refractivity contribution in [3.05, 3.63) is 65.8 Å². The van der Waals surface area contributed by atoms with Gasteiger partial charge in [0.25, 0.3) is 0 Å². The van der Waals surface area contributed by atoms with Crippen LogP contribution in [0.4, 0.5) is 4.79 Å².